The molecule has 0 unspecified atom stereocenters. The first kappa shape index (κ1) is 15.0. The van der Waals surface area contributed by atoms with Gasteiger partial charge < -0.3 is 15.0 Å². The molecule has 1 fully saturated rings. The van der Waals surface area contributed by atoms with Crippen LogP contribution in [0, 0.1) is 6.92 Å². The van der Waals surface area contributed by atoms with Gasteiger partial charge in [0.25, 0.3) is 0 Å². The van der Waals surface area contributed by atoms with Crippen molar-refractivity contribution >= 4 is 23.0 Å². The number of hydrogen-bond donors (Lipinski definition) is 1. The molecular weight excluding hydrogens is 298 g/mol. The predicted molar refractivity (Wildman–Crippen MR) is 88.7 cm³/mol. The Morgan fingerprint density at radius 1 is 1.36 bits per heavy atom. The number of anilines is 1. The Labute approximate surface area is 133 Å². The van der Waals surface area contributed by atoms with Crippen LogP contribution in [0.5, 0.6) is 0 Å². The Bertz CT molecular complexity index is 661. The van der Waals surface area contributed by atoms with Crippen LogP contribution in [0.15, 0.2) is 24.4 Å². The molecule has 0 bridgehead atoms. The van der Waals surface area contributed by atoms with Crippen molar-refractivity contribution in [2.75, 3.05) is 38.2 Å². The zero-order valence-corrected chi connectivity index (χ0v) is 13.6. The maximum Gasteiger partial charge on any atom is 0.348 e. The first-order chi connectivity index (χ1) is 10.7. The van der Waals surface area contributed by atoms with Gasteiger partial charge in [0.2, 0.25) is 0 Å². The summed E-state index contributed by atoms with van der Waals surface area (Å²) in [5.74, 6) is -0.295. The lowest BCUT2D eigenvalue weighted by Crippen LogP contribution is -2.43. The molecule has 3 heterocycles. The van der Waals surface area contributed by atoms with Crippen molar-refractivity contribution < 1.29 is 9.53 Å². The summed E-state index contributed by atoms with van der Waals surface area (Å²) in [7, 11) is 1.40. The van der Waals surface area contributed by atoms with Gasteiger partial charge in [-0.2, -0.15) is 0 Å². The van der Waals surface area contributed by atoms with Crippen LogP contribution >= 0.6 is 11.3 Å². The highest BCUT2D eigenvalue weighted by Crippen LogP contribution is 2.31. The second kappa shape index (κ2) is 6.46. The van der Waals surface area contributed by atoms with Crippen molar-refractivity contribution in [3.8, 4) is 11.3 Å². The maximum absolute atomic E-state index is 11.6. The van der Waals surface area contributed by atoms with Gasteiger partial charge in [-0.15, -0.1) is 11.3 Å². The Hall–Kier alpha value is -1.92. The zero-order chi connectivity index (χ0) is 15.5. The average molecular weight is 317 g/mol. The second-order valence-corrected chi connectivity index (χ2v) is 6.47. The van der Waals surface area contributed by atoms with E-state index < -0.39 is 0 Å². The molecule has 0 atom stereocenters. The van der Waals surface area contributed by atoms with Crippen molar-refractivity contribution in [2.45, 2.75) is 6.92 Å². The van der Waals surface area contributed by atoms with Crippen LogP contribution in [-0.2, 0) is 4.74 Å². The molecule has 1 aliphatic heterocycles. The fourth-order valence-electron chi connectivity index (χ4n) is 2.59. The fourth-order valence-corrected chi connectivity index (χ4v) is 3.54. The highest BCUT2D eigenvalue weighted by Gasteiger charge is 2.15. The van der Waals surface area contributed by atoms with E-state index in [1.807, 2.05) is 25.3 Å². The molecule has 1 N–H and O–H groups in total. The SMILES string of the molecule is COC(=O)c1cc(-c2ccc(N3CCNCC3)cn2)c(C)s1. The summed E-state index contributed by atoms with van der Waals surface area (Å²) >= 11 is 1.44. The number of pyridine rings is 1. The van der Waals surface area contributed by atoms with E-state index in [0.29, 0.717) is 4.88 Å². The van der Waals surface area contributed by atoms with Crippen LogP contribution in [0.4, 0.5) is 5.69 Å². The average Bonchev–Trinajstić information content (AvgIpc) is 2.97. The Morgan fingerprint density at radius 3 is 2.77 bits per heavy atom. The number of hydrogen-bond acceptors (Lipinski definition) is 6. The van der Waals surface area contributed by atoms with Gasteiger partial charge in [0.05, 0.1) is 24.7 Å². The van der Waals surface area contributed by atoms with E-state index in [0.717, 1.165) is 48.0 Å². The molecule has 0 amide bonds. The standard InChI is InChI=1S/C16H19N3O2S/c1-11-13(9-15(22-11)16(20)21-2)14-4-3-12(10-18-14)19-7-5-17-6-8-19/h3-4,9-10,17H,5-8H2,1-2H3. The van der Waals surface area contributed by atoms with Gasteiger partial charge in [-0.25, -0.2) is 4.79 Å². The molecule has 2 aromatic heterocycles. The number of nitrogens with one attached hydrogen (secondary N) is 1. The minimum atomic E-state index is -0.295. The Morgan fingerprint density at radius 2 is 2.14 bits per heavy atom. The first-order valence-electron chi connectivity index (χ1n) is 7.30. The first-order valence-corrected chi connectivity index (χ1v) is 8.11. The van der Waals surface area contributed by atoms with E-state index >= 15 is 0 Å². The smallest absolute Gasteiger partial charge is 0.348 e. The number of rotatable bonds is 3. The molecule has 0 radical (unpaired) electrons. The number of aromatic nitrogens is 1. The molecule has 0 saturated carbocycles. The molecule has 2 aromatic rings. The molecule has 0 spiro atoms. The summed E-state index contributed by atoms with van der Waals surface area (Å²) in [6.45, 7) is 6.02. The van der Waals surface area contributed by atoms with Crippen molar-refractivity contribution in [3.05, 3.63) is 34.2 Å². The Kier molecular flexibility index (Phi) is 4.40. The highest BCUT2D eigenvalue weighted by atomic mass is 32.1. The van der Waals surface area contributed by atoms with Gasteiger partial charge >= 0.3 is 5.97 Å². The van der Waals surface area contributed by atoms with E-state index in [2.05, 4.69) is 21.3 Å². The number of nitrogens with zero attached hydrogens (tertiary/aromatic N) is 2. The largest absolute Gasteiger partial charge is 0.465 e. The molecule has 0 aromatic carbocycles. The molecule has 3 rings (SSSR count). The van der Waals surface area contributed by atoms with Gasteiger partial charge in [-0.3, -0.25) is 4.98 Å². The molecular formula is C16H19N3O2S. The number of thiophene rings is 1. The molecule has 5 nitrogen and oxygen atoms in total. The van der Waals surface area contributed by atoms with E-state index in [-0.39, 0.29) is 5.97 Å². The summed E-state index contributed by atoms with van der Waals surface area (Å²) < 4.78 is 4.78. The number of ether oxygens (including phenoxy) is 1. The number of carbonyl (C=O) groups is 1. The number of piperazine rings is 1. The lowest BCUT2D eigenvalue weighted by Gasteiger charge is -2.29. The third kappa shape index (κ3) is 2.98. The molecule has 0 aliphatic carbocycles. The third-order valence-electron chi connectivity index (χ3n) is 3.81. The van der Waals surface area contributed by atoms with Crippen LogP contribution in [0.2, 0.25) is 0 Å². The van der Waals surface area contributed by atoms with Crippen LogP contribution < -0.4 is 10.2 Å². The van der Waals surface area contributed by atoms with Gasteiger partial charge in [0.15, 0.2) is 0 Å². The number of carbonyl (C=O) groups excluding carboxylic acids is 1. The van der Waals surface area contributed by atoms with Crippen molar-refractivity contribution in [1.82, 2.24) is 10.3 Å². The minimum Gasteiger partial charge on any atom is -0.465 e. The lowest BCUT2D eigenvalue weighted by atomic mass is 10.1. The van der Waals surface area contributed by atoms with Crippen LogP contribution in [0.1, 0.15) is 14.5 Å². The van der Waals surface area contributed by atoms with Crippen LogP contribution in [0.25, 0.3) is 11.3 Å². The monoisotopic (exact) mass is 317 g/mol. The number of methoxy groups -OCH3 is 1. The van der Waals surface area contributed by atoms with E-state index in [9.17, 15) is 4.79 Å². The minimum absolute atomic E-state index is 0.295. The zero-order valence-electron chi connectivity index (χ0n) is 12.8. The van der Waals surface area contributed by atoms with Crippen molar-refractivity contribution in [2.24, 2.45) is 0 Å². The summed E-state index contributed by atoms with van der Waals surface area (Å²) in [6, 6.07) is 5.98. The molecule has 22 heavy (non-hydrogen) atoms. The molecule has 1 aliphatic rings. The number of aryl methyl sites for hydroxylation is 1. The Balaban J connectivity index is 1.83. The molecule has 6 heteroatoms. The number of esters is 1. The van der Waals surface area contributed by atoms with E-state index in [1.165, 1.54) is 18.4 Å². The molecule has 1 saturated heterocycles. The van der Waals surface area contributed by atoms with Gasteiger partial charge in [0, 0.05) is 36.6 Å². The van der Waals surface area contributed by atoms with Gasteiger partial charge in [0.1, 0.15) is 4.88 Å². The van der Waals surface area contributed by atoms with Gasteiger partial charge in [-0.05, 0) is 25.1 Å². The topological polar surface area (TPSA) is 54.5 Å². The summed E-state index contributed by atoms with van der Waals surface area (Å²) in [6.07, 6.45) is 1.91. The third-order valence-corrected chi connectivity index (χ3v) is 4.84. The quantitative estimate of drug-likeness (QED) is 0.881. The maximum atomic E-state index is 11.6. The molecule has 116 valence electrons. The predicted octanol–water partition coefficient (Wildman–Crippen LogP) is 2.31. The van der Waals surface area contributed by atoms with Crippen LogP contribution in [-0.4, -0.2) is 44.2 Å². The highest BCUT2D eigenvalue weighted by molar-refractivity contribution is 7.14. The van der Waals surface area contributed by atoms with E-state index in [1.54, 1.807) is 0 Å². The van der Waals surface area contributed by atoms with Crippen molar-refractivity contribution in [3.63, 3.8) is 0 Å². The second-order valence-electron chi connectivity index (χ2n) is 5.21. The lowest BCUT2D eigenvalue weighted by molar-refractivity contribution is 0.0606. The summed E-state index contributed by atoms with van der Waals surface area (Å²) in [5, 5.41) is 3.34. The summed E-state index contributed by atoms with van der Waals surface area (Å²) in [5.41, 5.74) is 3.03. The normalized spacial score (nSPS) is 14.9. The van der Waals surface area contributed by atoms with Gasteiger partial charge in [-0.1, -0.05) is 0 Å². The summed E-state index contributed by atoms with van der Waals surface area (Å²) in [4.78, 5) is 20.2. The van der Waals surface area contributed by atoms with E-state index in [4.69, 9.17) is 4.74 Å². The fraction of sp³-hybridized carbons (Fsp3) is 0.375. The van der Waals surface area contributed by atoms with Crippen molar-refractivity contribution in [1.29, 1.82) is 0 Å². The van der Waals surface area contributed by atoms with Crippen LogP contribution in [0.3, 0.4) is 0 Å².